The Bertz CT molecular complexity index is 1230. The third-order valence-electron chi connectivity index (χ3n) is 7.23. The van der Waals surface area contributed by atoms with Gasteiger partial charge in [-0.25, -0.2) is 4.79 Å². The number of ketones is 1. The third kappa shape index (κ3) is 5.34. The van der Waals surface area contributed by atoms with Gasteiger partial charge in [0, 0.05) is 39.3 Å². The second kappa shape index (κ2) is 11.4. The van der Waals surface area contributed by atoms with Crippen LogP contribution < -0.4 is 17.0 Å². The minimum Gasteiger partial charge on any atom is -0.387 e. The Kier molecular flexibility index (Phi) is 8.50. The topological polar surface area (TPSA) is 230 Å². The highest BCUT2D eigenvalue weighted by molar-refractivity contribution is 5.98. The Morgan fingerprint density at radius 2 is 1.82 bits per heavy atom. The number of amides is 1. The van der Waals surface area contributed by atoms with Crippen molar-refractivity contribution in [3.05, 3.63) is 44.9 Å². The second-order valence-electron chi connectivity index (χ2n) is 9.78. The summed E-state index contributed by atoms with van der Waals surface area (Å²) < 4.78 is 18.3. The maximum atomic E-state index is 13.7. The molecule has 3 aliphatic heterocycles. The van der Waals surface area contributed by atoms with Crippen LogP contribution in [0.2, 0.25) is 0 Å². The minimum absolute atomic E-state index is 0.0891. The molecule has 0 saturated carbocycles. The fourth-order valence-corrected chi connectivity index (χ4v) is 5.08. The van der Waals surface area contributed by atoms with Crippen molar-refractivity contribution in [1.29, 1.82) is 0 Å². The van der Waals surface area contributed by atoms with Gasteiger partial charge >= 0.3 is 5.69 Å². The fraction of sp³-hybridized carbons (Fsp3) is 0.652. The van der Waals surface area contributed by atoms with Gasteiger partial charge in [0.2, 0.25) is 5.91 Å². The first-order valence-electron chi connectivity index (χ1n) is 12.3. The number of likely N-dealkylation sites (N-methyl/N-ethyl adjacent to an activating group) is 2. The van der Waals surface area contributed by atoms with E-state index in [0.717, 1.165) is 21.7 Å². The van der Waals surface area contributed by atoms with Crippen LogP contribution in [-0.2, 0) is 23.8 Å². The number of Topliss-reactive ketones (excluding diaryl/α,β-unsaturated/α-hetero) is 1. The van der Waals surface area contributed by atoms with Crippen LogP contribution in [0.3, 0.4) is 0 Å². The lowest BCUT2D eigenvalue weighted by Crippen LogP contribution is -2.59. The van der Waals surface area contributed by atoms with E-state index < -0.39 is 78.4 Å². The zero-order valence-corrected chi connectivity index (χ0v) is 21.5. The van der Waals surface area contributed by atoms with Crippen LogP contribution in [0.5, 0.6) is 0 Å². The summed E-state index contributed by atoms with van der Waals surface area (Å²) in [7, 11) is 2.94. The van der Waals surface area contributed by atoms with Gasteiger partial charge in [0.1, 0.15) is 48.8 Å². The molecule has 4 rings (SSSR count). The molecule has 0 aliphatic carbocycles. The van der Waals surface area contributed by atoms with E-state index in [-0.39, 0.29) is 24.6 Å². The molecule has 0 aromatic carbocycles. The number of aromatic nitrogens is 2. The quantitative estimate of drug-likeness (QED) is 0.186. The van der Waals surface area contributed by atoms with E-state index in [1.807, 2.05) is 4.98 Å². The number of nitrogens with zero attached hydrogens (tertiary/aromatic N) is 3. The van der Waals surface area contributed by atoms with E-state index in [4.69, 9.17) is 19.9 Å². The summed E-state index contributed by atoms with van der Waals surface area (Å²) in [4.78, 5) is 54.4. The standard InChI is InChI=1S/C23H33N5O11/c1-9(29)10-4-6-26(2)13(20(35)27(10)3)18(39-22-17(34)14(31)11(8-24)37-22)19-15(32)16(33)21(38-19)28-7-5-12(30)25-23(28)36/h4-5,7,11,13-19,21-22,31-34H,6,8,24H2,1-3H3,(H,25,30,36)/t11?,13?,14?,15?,16?,17?,18-,19?,21?,22?/m0/s1. The number of nitrogens with two attached hydrogens (primary N) is 1. The normalized spacial score (nSPS) is 36.6. The molecule has 10 atom stereocenters. The molecule has 9 unspecified atom stereocenters. The van der Waals surface area contributed by atoms with Gasteiger partial charge in [0.25, 0.3) is 5.56 Å². The molecule has 16 heteroatoms. The second-order valence-corrected chi connectivity index (χ2v) is 9.78. The number of aliphatic hydroxyl groups excluding tert-OH is 4. The molecule has 216 valence electrons. The van der Waals surface area contributed by atoms with Crippen molar-refractivity contribution < 1.29 is 44.2 Å². The highest BCUT2D eigenvalue weighted by Crippen LogP contribution is 2.36. The largest absolute Gasteiger partial charge is 0.387 e. The molecule has 4 heterocycles. The van der Waals surface area contributed by atoms with Crippen molar-refractivity contribution in [2.75, 3.05) is 27.2 Å². The molecule has 2 fully saturated rings. The van der Waals surface area contributed by atoms with E-state index in [2.05, 4.69) is 0 Å². The van der Waals surface area contributed by atoms with Crippen LogP contribution in [0.4, 0.5) is 0 Å². The molecule has 0 radical (unpaired) electrons. The zero-order valence-electron chi connectivity index (χ0n) is 21.5. The summed E-state index contributed by atoms with van der Waals surface area (Å²) in [6.45, 7) is 1.23. The lowest BCUT2D eigenvalue weighted by molar-refractivity contribution is -0.232. The van der Waals surface area contributed by atoms with E-state index in [1.54, 1.807) is 7.05 Å². The number of carbonyl (C=O) groups excluding carboxylic acids is 2. The number of aliphatic hydroxyl groups is 4. The van der Waals surface area contributed by atoms with Crippen molar-refractivity contribution in [3.63, 3.8) is 0 Å². The van der Waals surface area contributed by atoms with E-state index in [1.165, 1.54) is 24.9 Å². The van der Waals surface area contributed by atoms with Crippen molar-refractivity contribution in [1.82, 2.24) is 19.4 Å². The van der Waals surface area contributed by atoms with Crippen molar-refractivity contribution in [2.24, 2.45) is 5.73 Å². The lowest BCUT2D eigenvalue weighted by atomic mass is 9.97. The van der Waals surface area contributed by atoms with Gasteiger partial charge in [-0.15, -0.1) is 0 Å². The Hall–Kier alpha value is -2.80. The molecule has 7 N–H and O–H groups in total. The Labute approximate surface area is 221 Å². The Morgan fingerprint density at radius 3 is 2.41 bits per heavy atom. The first-order valence-corrected chi connectivity index (χ1v) is 12.3. The summed E-state index contributed by atoms with van der Waals surface area (Å²) >= 11 is 0. The summed E-state index contributed by atoms with van der Waals surface area (Å²) in [6.07, 6.45) is -10.8. The fourth-order valence-electron chi connectivity index (χ4n) is 5.08. The summed E-state index contributed by atoms with van der Waals surface area (Å²) in [6, 6.07) is -0.250. The van der Waals surface area contributed by atoms with Crippen LogP contribution in [0, 0.1) is 0 Å². The van der Waals surface area contributed by atoms with E-state index in [9.17, 15) is 39.6 Å². The Balaban J connectivity index is 1.73. The number of hydrogen-bond acceptors (Lipinski definition) is 13. The van der Waals surface area contributed by atoms with Crippen molar-refractivity contribution >= 4 is 11.7 Å². The number of allylic oxidation sites excluding steroid dienone is 1. The minimum atomic E-state index is -1.73. The molecule has 2 saturated heterocycles. The average molecular weight is 556 g/mol. The van der Waals surface area contributed by atoms with Gasteiger partial charge in [-0.1, -0.05) is 0 Å². The molecule has 1 aromatic heterocycles. The maximum Gasteiger partial charge on any atom is 0.330 e. The molecular formula is C23H33N5O11. The molecule has 1 aromatic rings. The molecule has 1 amide bonds. The molecule has 3 aliphatic rings. The number of H-pyrrole nitrogens is 1. The number of hydrogen-bond donors (Lipinski definition) is 6. The van der Waals surface area contributed by atoms with Crippen LogP contribution in [0.1, 0.15) is 13.2 Å². The number of ether oxygens (including phenoxy) is 3. The predicted molar refractivity (Wildman–Crippen MR) is 130 cm³/mol. The van der Waals surface area contributed by atoms with Crippen LogP contribution in [0.25, 0.3) is 0 Å². The summed E-state index contributed by atoms with van der Waals surface area (Å²) in [5, 5.41) is 42.7. The van der Waals surface area contributed by atoms with Crippen LogP contribution in [0.15, 0.2) is 33.6 Å². The zero-order chi connectivity index (χ0) is 28.8. The van der Waals surface area contributed by atoms with Gasteiger partial charge in [0.05, 0.1) is 5.70 Å². The van der Waals surface area contributed by atoms with Crippen molar-refractivity contribution in [2.45, 2.75) is 68.2 Å². The summed E-state index contributed by atoms with van der Waals surface area (Å²) in [5.41, 5.74) is 4.12. The SMILES string of the molecule is CC(=O)C1=CCN(C)C([C@H](OC2OC(CN)C(O)C2O)C2OC(n3ccc(=O)[nH]c3=O)C(O)C2O)C(=O)N1C. The molecule has 0 spiro atoms. The molecule has 16 nitrogen and oxygen atoms in total. The number of nitrogens with one attached hydrogen (secondary N) is 1. The van der Waals surface area contributed by atoms with Crippen LogP contribution in [-0.4, -0.2) is 134 Å². The predicted octanol–water partition coefficient (Wildman–Crippen LogP) is -4.81. The van der Waals surface area contributed by atoms with E-state index >= 15 is 0 Å². The average Bonchev–Trinajstić information content (AvgIpc) is 3.28. The highest BCUT2D eigenvalue weighted by Gasteiger charge is 2.55. The molecule has 39 heavy (non-hydrogen) atoms. The first-order chi connectivity index (χ1) is 18.4. The van der Waals surface area contributed by atoms with Crippen LogP contribution >= 0.6 is 0 Å². The third-order valence-corrected chi connectivity index (χ3v) is 7.23. The summed E-state index contributed by atoms with van der Waals surface area (Å²) in [5.74, 6) is -1.01. The van der Waals surface area contributed by atoms with Gasteiger partial charge in [-0.05, 0) is 13.1 Å². The van der Waals surface area contributed by atoms with E-state index in [0.29, 0.717) is 0 Å². The smallest absolute Gasteiger partial charge is 0.330 e. The van der Waals surface area contributed by atoms with Crippen molar-refractivity contribution in [3.8, 4) is 0 Å². The molecule has 0 bridgehead atoms. The van der Waals surface area contributed by atoms with Gasteiger partial charge in [0.15, 0.2) is 18.3 Å². The monoisotopic (exact) mass is 555 g/mol. The number of carbonyl (C=O) groups is 2. The van der Waals surface area contributed by atoms with Gasteiger partial charge in [-0.2, -0.15) is 0 Å². The first kappa shape index (κ1) is 29.2. The molecular weight excluding hydrogens is 522 g/mol. The van der Waals surface area contributed by atoms with Gasteiger partial charge < -0.3 is 45.3 Å². The Morgan fingerprint density at radius 1 is 1.13 bits per heavy atom. The highest BCUT2D eigenvalue weighted by atomic mass is 16.7. The maximum absolute atomic E-state index is 13.7. The van der Waals surface area contributed by atoms with Gasteiger partial charge in [-0.3, -0.25) is 28.8 Å². The number of aromatic amines is 1. The number of rotatable bonds is 7. The lowest BCUT2D eigenvalue weighted by Gasteiger charge is -2.38.